The Morgan fingerprint density at radius 2 is 1.71 bits per heavy atom. The van der Waals surface area contributed by atoms with E-state index in [-0.39, 0.29) is 10.8 Å². The normalized spacial score (nSPS) is 43.8. The van der Waals surface area contributed by atoms with Gasteiger partial charge in [-0.25, -0.2) is 13.1 Å². The smallest absolute Gasteiger partial charge is 0.299 e. The van der Waals surface area contributed by atoms with Gasteiger partial charge in [0.1, 0.15) is 5.78 Å². The van der Waals surface area contributed by atoms with E-state index in [2.05, 4.69) is 19.9 Å². The number of carbonyl (C=O) groups excluding carboxylic acids is 1. The van der Waals surface area contributed by atoms with Gasteiger partial charge in [0.05, 0.1) is 0 Å². The molecule has 1 unspecified atom stereocenters. The molecule has 0 amide bonds. The molecule has 1 N–H and O–H groups in total. The molecule has 0 heterocycles. The van der Waals surface area contributed by atoms with Crippen LogP contribution in [-0.4, -0.2) is 25.8 Å². The molecule has 8 heteroatoms. The average molecular weight is 420 g/mol. The number of carbonyl (C=O) groups is 1. The summed E-state index contributed by atoms with van der Waals surface area (Å²) >= 11 is 0. The van der Waals surface area contributed by atoms with Crippen molar-refractivity contribution in [2.75, 3.05) is 0 Å². The van der Waals surface area contributed by atoms with Gasteiger partial charge in [0.25, 0.3) is 0 Å². The highest BCUT2D eigenvalue weighted by Crippen LogP contribution is 2.63. The predicted octanol–water partition coefficient (Wildman–Crippen LogP) is 4.33. The molecule has 4 aliphatic carbocycles. The van der Waals surface area contributed by atoms with Gasteiger partial charge in [-0.1, -0.05) is 25.5 Å². The Kier molecular flexibility index (Phi) is 4.59. The molecule has 0 aromatic carbocycles. The fraction of sp³-hybridized carbons (Fsp3) is 0.850. The maximum atomic E-state index is 12.7. The molecule has 0 aromatic heterocycles. The lowest BCUT2D eigenvalue weighted by Gasteiger charge is -2.57. The number of Topliss-reactive ketones (excluding diaryl/α,β-unsaturated/α-hetero) is 1. The van der Waals surface area contributed by atoms with Crippen LogP contribution in [0.1, 0.15) is 65.2 Å². The highest BCUT2D eigenvalue weighted by molar-refractivity contribution is 7.90. The van der Waals surface area contributed by atoms with Crippen molar-refractivity contribution in [1.82, 2.24) is 4.72 Å². The Hall–Kier alpha value is -0.890. The Morgan fingerprint density at radius 3 is 2.39 bits per heavy atom. The molecule has 0 aromatic rings. The molecule has 4 rings (SSSR count). The minimum absolute atomic E-state index is 0.101. The summed E-state index contributed by atoms with van der Waals surface area (Å²) in [6, 6.07) is -0.704. The van der Waals surface area contributed by atoms with Crippen LogP contribution in [0, 0.1) is 28.6 Å². The van der Waals surface area contributed by atoms with E-state index in [1.165, 1.54) is 0 Å². The highest BCUT2D eigenvalue weighted by Gasteiger charge is 2.59. The molecule has 6 atom stereocenters. The van der Waals surface area contributed by atoms with Crippen LogP contribution in [0.3, 0.4) is 0 Å². The van der Waals surface area contributed by atoms with Crippen molar-refractivity contribution in [1.29, 1.82) is 0 Å². The molecule has 28 heavy (non-hydrogen) atoms. The van der Waals surface area contributed by atoms with Gasteiger partial charge in [-0.3, -0.25) is 4.79 Å². The second kappa shape index (κ2) is 6.30. The van der Waals surface area contributed by atoms with Crippen LogP contribution >= 0.6 is 0 Å². The quantitative estimate of drug-likeness (QED) is 0.678. The van der Waals surface area contributed by atoms with Crippen LogP contribution in [0.5, 0.6) is 0 Å². The van der Waals surface area contributed by atoms with Crippen LogP contribution in [0.15, 0.2) is 11.6 Å². The third kappa shape index (κ3) is 2.89. The minimum Gasteiger partial charge on any atom is -0.299 e. The molecule has 0 saturated heterocycles. The van der Waals surface area contributed by atoms with Crippen molar-refractivity contribution in [3.05, 3.63) is 11.6 Å². The molecule has 3 fully saturated rings. The number of allylic oxidation sites excluding steroid dienone is 1. The van der Waals surface area contributed by atoms with Crippen molar-refractivity contribution in [2.24, 2.45) is 28.6 Å². The standard InChI is InChI=1S/C20H28F3NO3S/c1-18-9-7-13(24-28(26,27)20(21,22)23)11-12(18)3-4-14-15-5-6-17(25)19(15,2)10-8-16(14)18/h3,13-16,24H,4-11H2,1-2H3/t13?,14-,15-,16+,18-,19-/m0/s1. The van der Waals surface area contributed by atoms with E-state index < -0.39 is 21.6 Å². The first-order valence-corrected chi connectivity index (χ1v) is 11.7. The summed E-state index contributed by atoms with van der Waals surface area (Å²) in [5.74, 6) is 1.66. The zero-order chi connectivity index (χ0) is 20.5. The summed E-state index contributed by atoms with van der Waals surface area (Å²) in [7, 11) is -5.32. The van der Waals surface area contributed by atoms with E-state index in [0.717, 1.165) is 31.3 Å². The zero-order valence-electron chi connectivity index (χ0n) is 16.3. The number of hydrogen-bond donors (Lipinski definition) is 1. The van der Waals surface area contributed by atoms with Crippen molar-refractivity contribution in [3.63, 3.8) is 0 Å². The van der Waals surface area contributed by atoms with E-state index in [0.29, 0.717) is 49.2 Å². The average Bonchev–Trinajstić information content (AvgIpc) is 2.89. The number of nitrogens with one attached hydrogen (secondary N) is 1. The molecule has 158 valence electrons. The van der Waals surface area contributed by atoms with Gasteiger partial charge in [-0.05, 0) is 68.1 Å². The lowest BCUT2D eigenvalue weighted by molar-refractivity contribution is -0.131. The van der Waals surface area contributed by atoms with Crippen LogP contribution in [0.2, 0.25) is 0 Å². The van der Waals surface area contributed by atoms with Crippen molar-refractivity contribution < 1.29 is 26.4 Å². The van der Waals surface area contributed by atoms with Gasteiger partial charge >= 0.3 is 15.5 Å². The van der Waals surface area contributed by atoms with E-state index in [1.54, 1.807) is 0 Å². The van der Waals surface area contributed by atoms with Crippen molar-refractivity contribution >= 4 is 15.8 Å². The Labute approximate surface area is 164 Å². The first kappa shape index (κ1) is 20.4. The van der Waals surface area contributed by atoms with Gasteiger partial charge in [0.15, 0.2) is 0 Å². The lowest BCUT2D eigenvalue weighted by Crippen LogP contribution is -2.52. The van der Waals surface area contributed by atoms with E-state index in [1.807, 2.05) is 4.72 Å². The minimum atomic E-state index is -5.32. The molecule has 0 aliphatic heterocycles. The number of halogens is 3. The van der Waals surface area contributed by atoms with Gasteiger partial charge in [-0.2, -0.15) is 13.2 Å². The molecule has 4 aliphatic rings. The SMILES string of the molecule is C[C@]12CCC(NS(=O)(=O)C(F)(F)F)CC1=CC[C@@H]1[C@H]2CC[C@]2(C)C(=O)CC[C@@H]12. The largest absolute Gasteiger partial charge is 0.511 e. The Bertz CT molecular complexity index is 821. The van der Waals surface area contributed by atoms with Crippen LogP contribution < -0.4 is 4.72 Å². The van der Waals surface area contributed by atoms with E-state index in [4.69, 9.17) is 0 Å². The van der Waals surface area contributed by atoms with Gasteiger partial charge in [-0.15, -0.1) is 0 Å². The summed E-state index contributed by atoms with van der Waals surface area (Å²) in [5, 5.41) is 0. The van der Waals surface area contributed by atoms with Gasteiger partial charge < -0.3 is 0 Å². The third-order valence-corrected chi connectivity index (χ3v) is 9.69. The molecule has 0 radical (unpaired) electrons. The Balaban J connectivity index is 1.55. The number of hydrogen-bond acceptors (Lipinski definition) is 3. The number of fused-ring (bicyclic) bond motifs is 5. The van der Waals surface area contributed by atoms with Crippen LogP contribution in [0.4, 0.5) is 13.2 Å². The fourth-order valence-corrected chi connectivity index (χ4v) is 7.59. The molecular formula is C20H28F3NO3S. The zero-order valence-corrected chi connectivity index (χ0v) is 17.1. The third-order valence-electron chi connectivity index (χ3n) is 8.44. The van der Waals surface area contributed by atoms with Gasteiger partial charge in [0, 0.05) is 17.9 Å². The molecule has 4 nitrogen and oxygen atoms in total. The second-order valence-electron chi connectivity index (χ2n) is 9.68. The first-order chi connectivity index (χ1) is 12.9. The maximum absolute atomic E-state index is 12.7. The number of ketones is 1. The van der Waals surface area contributed by atoms with Crippen molar-refractivity contribution in [2.45, 2.75) is 76.8 Å². The van der Waals surface area contributed by atoms with Crippen LogP contribution in [-0.2, 0) is 14.8 Å². The fourth-order valence-electron chi connectivity index (χ4n) is 6.82. The summed E-state index contributed by atoms with van der Waals surface area (Å²) < 4.78 is 63.0. The highest BCUT2D eigenvalue weighted by atomic mass is 32.2. The Morgan fingerprint density at radius 1 is 1.07 bits per heavy atom. The van der Waals surface area contributed by atoms with Crippen LogP contribution in [0.25, 0.3) is 0 Å². The van der Waals surface area contributed by atoms with Crippen molar-refractivity contribution in [3.8, 4) is 0 Å². The van der Waals surface area contributed by atoms with E-state index in [9.17, 15) is 26.4 Å². The van der Waals surface area contributed by atoms with Gasteiger partial charge in [0.2, 0.25) is 0 Å². The number of alkyl halides is 3. The monoisotopic (exact) mass is 419 g/mol. The summed E-state index contributed by atoms with van der Waals surface area (Å²) in [4.78, 5) is 12.5. The lowest BCUT2D eigenvalue weighted by atomic mass is 9.48. The first-order valence-electron chi connectivity index (χ1n) is 10.2. The number of rotatable bonds is 2. The summed E-state index contributed by atoms with van der Waals surface area (Å²) in [6.07, 6.45) is 7.90. The number of sulfonamides is 1. The predicted molar refractivity (Wildman–Crippen MR) is 98.6 cm³/mol. The van der Waals surface area contributed by atoms with E-state index >= 15 is 0 Å². The molecule has 0 spiro atoms. The maximum Gasteiger partial charge on any atom is 0.511 e. The topological polar surface area (TPSA) is 63.2 Å². The molecular weight excluding hydrogens is 391 g/mol. The summed E-state index contributed by atoms with van der Waals surface area (Å²) in [6.45, 7) is 4.32. The summed E-state index contributed by atoms with van der Waals surface area (Å²) in [5.41, 5.74) is -4.48. The molecule has 0 bridgehead atoms. The molecule has 3 saturated carbocycles. The second-order valence-corrected chi connectivity index (χ2v) is 11.4.